The largest absolute Gasteiger partial charge is 0.386 e. The zero-order valence-electron chi connectivity index (χ0n) is 9.42. The van der Waals surface area contributed by atoms with Crippen LogP contribution in [0.1, 0.15) is 11.7 Å². The van der Waals surface area contributed by atoms with Gasteiger partial charge in [-0.2, -0.15) is 8.78 Å². The summed E-state index contributed by atoms with van der Waals surface area (Å²) in [6.45, 7) is -2.42. The Bertz CT molecular complexity index is 424. The number of hydrogen-bond acceptors (Lipinski definition) is 2. The highest BCUT2D eigenvalue weighted by Gasteiger charge is 2.41. The van der Waals surface area contributed by atoms with E-state index in [0.717, 1.165) is 12.1 Å². The molecule has 0 aliphatic carbocycles. The summed E-state index contributed by atoms with van der Waals surface area (Å²) in [6, 6.07) is 2.26. The second-order valence-electron chi connectivity index (χ2n) is 3.76. The van der Waals surface area contributed by atoms with Crippen molar-refractivity contribution in [2.75, 3.05) is 13.2 Å². The van der Waals surface area contributed by atoms with Crippen LogP contribution in [0.3, 0.4) is 0 Å². The lowest BCUT2D eigenvalue weighted by molar-refractivity contribution is -0.170. The Morgan fingerprint density at radius 1 is 1.21 bits per heavy atom. The zero-order chi connectivity index (χ0) is 14.6. The molecule has 1 aromatic carbocycles. The molecule has 1 aromatic rings. The van der Waals surface area contributed by atoms with Crippen LogP contribution in [0.5, 0.6) is 0 Å². The third kappa shape index (κ3) is 4.39. The molecule has 0 saturated carbocycles. The molecule has 1 N–H and O–H groups in total. The highest BCUT2D eigenvalue weighted by molar-refractivity contribution is 5.20. The Morgan fingerprint density at radius 3 is 2.37 bits per heavy atom. The molecule has 0 aliphatic rings. The normalized spacial score (nSPS) is 13.9. The summed E-state index contributed by atoms with van der Waals surface area (Å²) in [7, 11) is 0. The van der Waals surface area contributed by atoms with Crippen molar-refractivity contribution in [1.82, 2.24) is 0 Å². The molecule has 1 rings (SSSR count). The molecule has 0 aliphatic heterocycles. The second-order valence-corrected chi connectivity index (χ2v) is 3.76. The number of aliphatic hydroxyl groups excluding tert-OH is 1. The molecule has 0 fully saturated rings. The topological polar surface area (TPSA) is 29.5 Å². The van der Waals surface area contributed by atoms with E-state index in [2.05, 4.69) is 4.74 Å². The van der Waals surface area contributed by atoms with Crippen LogP contribution in [0.15, 0.2) is 18.2 Å². The Balaban J connectivity index is 2.54. The average molecular weight is 288 g/mol. The predicted molar refractivity (Wildman–Crippen MR) is 53.1 cm³/mol. The molecule has 0 spiro atoms. The maximum Gasteiger partial charge on any atom is 0.330 e. The molecule has 19 heavy (non-hydrogen) atoms. The van der Waals surface area contributed by atoms with Gasteiger partial charge in [0, 0.05) is 11.6 Å². The van der Waals surface area contributed by atoms with E-state index in [-0.39, 0.29) is 5.56 Å². The molecule has 108 valence electrons. The third-order valence-electron chi connectivity index (χ3n) is 2.21. The summed E-state index contributed by atoms with van der Waals surface area (Å²) in [5, 5.41) is 9.41. The summed E-state index contributed by atoms with van der Waals surface area (Å²) >= 11 is 0. The van der Waals surface area contributed by atoms with Gasteiger partial charge < -0.3 is 9.84 Å². The van der Waals surface area contributed by atoms with Gasteiger partial charge in [0.05, 0.1) is 6.61 Å². The van der Waals surface area contributed by atoms with E-state index in [1.165, 1.54) is 0 Å². The summed E-state index contributed by atoms with van der Waals surface area (Å²) in [5.41, 5.74) is -0.373. The van der Waals surface area contributed by atoms with Gasteiger partial charge in [-0.3, -0.25) is 0 Å². The van der Waals surface area contributed by atoms with Crippen molar-refractivity contribution in [3.05, 3.63) is 35.4 Å². The van der Waals surface area contributed by atoms with Crippen molar-refractivity contribution in [2.45, 2.75) is 18.5 Å². The summed E-state index contributed by atoms with van der Waals surface area (Å²) in [5.74, 6) is -6.31. The van der Waals surface area contributed by atoms with Gasteiger partial charge in [0.1, 0.15) is 24.3 Å². The minimum atomic E-state index is -4.35. The Morgan fingerprint density at radius 2 is 1.84 bits per heavy atom. The first-order valence-electron chi connectivity index (χ1n) is 5.11. The zero-order valence-corrected chi connectivity index (χ0v) is 9.42. The molecule has 0 saturated heterocycles. The fourth-order valence-corrected chi connectivity index (χ4v) is 1.23. The first-order valence-corrected chi connectivity index (χ1v) is 5.11. The molecular weight excluding hydrogens is 278 g/mol. The number of alkyl halides is 4. The van der Waals surface area contributed by atoms with Crippen molar-refractivity contribution in [3.63, 3.8) is 0 Å². The molecule has 8 heteroatoms. The average Bonchev–Trinajstić information content (AvgIpc) is 2.28. The number of hydrogen-bond donors (Lipinski definition) is 1. The monoisotopic (exact) mass is 288 g/mol. The molecule has 1 atom stereocenters. The lowest BCUT2D eigenvalue weighted by atomic mass is 10.1. The van der Waals surface area contributed by atoms with Gasteiger partial charge >= 0.3 is 12.3 Å². The molecule has 0 amide bonds. The van der Waals surface area contributed by atoms with Gasteiger partial charge in [0.2, 0.25) is 0 Å². The van der Waals surface area contributed by atoms with E-state index >= 15 is 0 Å². The van der Waals surface area contributed by atoms with Gasteiger partial charge in [-0.1, -0.05) is 6.07 Å². The SMILES string of the molecule is OC(COCC(F)(F)C(F)F)c1ccc(F)cc1F. The molecule has 0 heterocycles. The number of ether oxygens (including phenoxy) is 1. The van der Waals surface area contributed by atoms with Crippen molar-refractivity contribution < 1.29 is 36.2 Å². The van der Waals surface area contributed by atoms with Crippen molar-refractivity contribution in [2.24, 2.45) is 0 Å². The van der Waals surface area contributed by atoms with Gasteiger partial charge in [-0.15, -0.1) is 0 Å². The Hall–Kier alpha value is -1.28. The highest BCUT2D eigenvalue weighted by Crippen LogP contribution is 2.24. The molecule has 2 nitrogen and oxygen atoms in total. The van der Waals surface area contributed by atoms with Gasteiger partial charge in [0.25, 0.3) is 0 Å². The van der Waals surface area contributed by atoms with Crippen LogP contribution in [-0.2, 0) is 4.74 Å². The summed E-state index contributed by atoms with van der Waals surface area (Å²) in [4.78, 5) is 0. The van der Waals surface area contributed by atoms with Gasteiger partial charge in [0.15, 0.2) is 0 Å². The van der Waals surface area contributed by atoms with E-state index in [0.29, 0.717) is 6.07 Å². The minimum Gasteiger partial charge on any atom is -0.386 e. The van der Waals surface area contributed by atoms with Crippen LogP contribution in [0.25, 0.3) is 0 Å². The van der Waals surface area contributed by atoms with Crippen LogP contribution >= 0.6 is 0 Å². The summed E-state index contributed by atoms with van der Waals surface area (Å²) < 4.78 is 78.4. The fourth-order valence-electron chi connectivity index (χ4n) is 1.23. The number of halogens is 6. The van der Waals surface area contributed by atoms with Crippen molar-refractivity contribution in [1.29, 1.82) is 0 Å². The van der Waals surface area contributed by atoms with Crippen LogP contribution in [0, 0.1) is 11.6 Å². The lowest BCUT2D eigenvalue weighted by Gasteiger charge is -2.17. The maximum absolute atomic E-state index is 13.2. The van der Waals surface area contributed by atoms with Crippen molar-refractivity contribution >= 4 is 0 Å². The standard InChI is InChI=1S/C11H10F6O2/c12-6-1-2-7(8(13)3-6)9(18)4-19-5-11(16,17)10(14)15/h1-3,9-10,18H,4-5H2. The number of rotatable bonds is 6. The Kier molecular flexibility index (Phi) is 5.19. The maximum atomic E-state index is 13.2. The van der Waals surface area contributed by atoms with Gasteiger partial charge in [-0.25, -0.2) is 17.6 Å². The first kappa shape index (κ1) is 15.8. The van der Waals surface area contributed by atoms with Crippen LogP contribution in [0.4, 0.5) is 26.3 Å². The molecule has 0 bridgehead atoms. The van der Waals surface area contributed by atoms with E-state index in [9.17, 15) is 31.4 Å². The number of benzene rings is 1. The van der Waals surface area contributed by atoms with E-state index < -0.39 is 43.3 Å². The van der Waals surface area contributed by atoms with Crippen LogP contribution in [-0.4, -0.2) is 30.7 Å². The second kappa shape index (κ2) is 6.25. The quantitative estimate of drug-likeness (QED) is 0.816. The van der Waals surface area contributed by atoms with E-state index in [4.69, 9.17) is 0 Å². The minimum absolute atomic E-state index is 0.373. The molecule has 1 unspecified atom stereocenters. The van der Waals surface area contributed by atoms with Crippen LogP contribution in [0.2, 0.25) is 0 Å². The third-order valence-corrected chi connectivity index (χ3v) is 2.21. The Labute approximate surface area is 104 Å². The van der Waals surface area contributed by atoms with Gasteiger partial charge in [-0.05, 0) is 6.07 Å². The molecule has 0 aromatic heterocycles. The summed E-state index contributed by atoms with van der Waals surface area (Å²) in [6.07, 6.45) is -5.55. The van der Waals surface area contributed by atoms with E-state index in [1.54, 1.807) is 0 Å². The van der Waals surface area contributed by atoms with E-state index in [1.807, 2.05) is 0 Å². The highest BCUT2D eigenvalue weighted by atomic mass is 19.3. The number of aliphatic hydroxyl groups is 1. The first-order chi connectivity index (χ1) is 8.74. The molecule has 0 radical (unpaired) electrons. The smallest absolute Gasteiger partial charge is 0.330 e. The van der Waals surface area contributed by atoms with Crippen molar-refractivity contribution in [3.8, 4) is 0 Å². The lowest BCUT2D eigenvalue weighted by Crippen LogP contribution is -2.33. The predicted octanol–water partition coefficient (Wildman–Crippen LogP) is 2.92. The fraction of sp³-hybridized carbons (Fsp3) is 0.455. The molecular formula is C11H10F6O2. The van der Waals surface area contributed by atoms with Crippen LogP contribution < -0.4 is 0 Å².